The van der Waals surface area contributed by atoms with Gasteiger partial charge in [0.25, 0.3) is 0 Å². The highest BCUT2D eigenvalue weighted by atomic mass is 28.3. The number of carbonyl (C=O) groups excluding carboxylic acids is 1. The molecule has 1 saturated heterocycles. The van der Waals surface area contributed by atoms with Crippen molar-refractivity contribution in [3.05, 3.63) is 18.5 Å². The van der Waals surface area contributed by atoms with E-state index in [-0.39, 0.29) is 12.1 Å². The topological polar surface area (TPSA) is 93.1 Å². The molecular formula is C17H28N6O2Si. The molecule has 0 spiro atoms. The number of amides is 2. The first-order valence-electron chi connectivity index (χ1n) is 9.09. The Balaban J connectivity index is 1.55. The molecule has 3 N–H and O–H groups in total. The molecule has 0 saturated carbocycles. The highest BCUT2D eigenvalue weighted by Crippen LogP contribution is 2.14. The van der Waals surface area contributed by atoms with Crippen LogP contribution in [0.25, 0.3) is 11.2 Å². The van der Waals surface area contributed by atoms with Crippen LogP contribution in [0.2, 0.25) is 25.7 Å². The van der Waals surface area contributed by atoms with E-state index in [2.05, 4.69) is 45.6 Å². The van der Waals surface area contributed by atoms with E-state index in [9.17, 15) is 4.79 Å². The molecule has 0 aromatic carbocycles. The third kappa shape index (κ3) is 5.26. The van der Waals surface area contributed by atoms with Gasteiger partial charge in [-0.05, 0) is 25.1 Å². The van der Waals surface area contributed by atoms with Crippen molar-refractivity contribution >= 4 is 31.1 Å². The Hall–Kier alpha value is -1.97. The third-order valence-corrected chi connectivity index (χ3v) is 6.03. The highest BCUT2D eigenvalue weighted by Gasteiger charge is 2.17. The Kier molecular flexibility index (Phi) is 5.89. The maximum absolute atomic E-state index is 12.0. The maximum atomic E-state index is 12.0. The molecule has 2 aromatic heterocycles. The van der Waals surface area contributed by atoms with Crippen LogP contribution < -0.4 is 16.0 Å². The number of ether oxygens (including phenoxy) is 1. The number of hydrogen-bond acceptors (Lipinski definition) is 5. The van der Waals surface area contributed by atoms with Crippen LogP contribution in [0.4, 0.5) is 10.6 Å². The Morgan fingerprint density at radius 3 is 3.04 bits per heavy atom. The fraction of sp³-hybridized carbons (Fsp3) is 0.588. The van der Waals surface area contributed by atoms with Gasteiger partial charge in [-0.3, -0.25) is 5.32 Å². The lowest BCUT2D eigenvalue weighted by molar-refractivity contribution is 0.0899. The van der Waals surface area contributed by atoms with Gasteiger partial charge in [0.2, 0.25) is 0 Å². The smallest absolute Gasteiger partial charge is 0.320 e. The third-order valence-electron chi connectivity index (χ3n) is 4.33. The summed E-state index contributed by atoms with van der Waals surface area (Å²) in [6.07, 6.45) is 4.43. The second-order valence-corrected chi connectivity index (χ2v) is 13.5. The number of rotatable bonds is 7. The Morgan fingerprint density at radius 1 is 1.46 bits per heavy atom. The van der Waals surface area contributed by atoms with Crippen molar-refractivity contribution in [2.24, 2.45) is 0 Å². The molecule has 8 nitrogen and oxygen atoms in total. The minimum Gasteiger partial charge on any atom is -0.361 e. The molecule has 3 rings (SSSR count). The molecule has 2 aromatic rings. The van der Waals surface area contributed by atoms with Crippen LogP contribution in [0.1, 0.15) is 6.42 Å². The zero-order valence-corrected chi connectivity index (χ0v) is 16.7. The molecule has 0 bridgehead atoms. The molecule has 1 atom stereocenters. The first-order valence-corrected chi connectivity index (χ1v) is 12.8. The summed E-state index contributed by atoms with van der Waals surface area (Å²) in [6, 6.07) is 2.94. The molecule has 0 aliphatic carbocycles. The summed E-state index contributed by atoms with van der Waals surface area (Å²) in [5.41, 5.74) is 1.49. The minimum absolute atomic E-state index is 0.168. The number of fused-ring (bicyclic) bond motifs is 1. The van der Waals surface area contributed by atoms with Crippen LogP contribution in [0.15, 0.2) is 18.5 Å². The van der Waals surface area contributed by atoms with E-state index < -0.39 is 8.07 Å². The fourth-order valence-corrected chi connectivity index (χ4v) is 3.54. The summed E-state index contributed by atoms with van der Waals surface area (Å²) in [4.78, 5) is 20.9. The van der Waals surface area contributed by atoms with Crippen molar-refractivity contribution in [3.8, 4) is 0 Å². The lowest BCUT2D eigenvalue weighted by Crippen LogP contribution is -2.39. The summed E-state index contributed by atoms with van der Waals surface area (Å²) >= 11 is 0. The van der Waals surface area contributed by atoms with Gasteiger partial charge in [-0.25, -0.2) is 14.8 Å². The first kappa shape index (κ1) is 18.8. The van der Waals surface area contributed by atoms with E-state index in [1.807, 2.05) is 16.8 Å². The zero-order valence-electron chi connectivity index (χ0n) is 15.7. The number of nitrogens with one attached hydrogen (secondary N) is 3. The van der Waals surface area contributed by atoms with Crippen LogP contribution >= 0.6 is 0 Å². The molecule has 2 amide bonds. The van der Waals surface area contributed by atoms with Gasteiger partial charge in [-0.2, -0.15) is 0 Å². The van der Waals surface area contributed by atoms with Crippen molar-refractivity contribution in [2.45, 2.75) is 44.9 Å². The number of nitrogens with zero attached hydrogens (tertiary/aromatic N) is 3. The van der Waals surface area contributed by atoms with Crippen molar-refractivity contribution in [3.63, 3.8) is 0 Å². The van der Waals surface area contributed by atoms with E-state index in [0.717, 1.165) is 43.3 Å². The van der Waals surface area contributed by atoms with Crippen molar-refractivity contribution < 1.29 is 9.53 Å². The second-order valence-electron chi connectivity index (χ2n) is 7.89. The standard InChI is InChI=1S/C17H28N6O2Si/c1-26(2,3)9-8-25-12-23-7-5-14-16(23)19-11-15(21-14)22-17(24)20-13-4-6-18-10-13/h5,7,11,13,18H,4,6,8-10,12H2,1-3H3,(H2,20,21,22,24). The molecule has 0 radical (unpaired) electrons. The average molecular weight is 377 g/mol. The van der Waals surface area contributed by atoms with Crippen LogP contribution in [-0.2, 0) is 11.5 Å². The lowest BCUT2D eigenvalue weighted by atomic mass is 10.3. The van der Waals surface area contributed by atoms with Crippen LogP contribution in [0.5, 0.6) is 0 Å². The summed E-state index contributed by atoms with van der Waals surface area (Å²) in [5.74, 6) is 0.443. The van der Waals surface area contributed by atoms with Gasteiger partial charge < -0.3 is 19.9 Å². The molecule has 3 heterocycles. The van der Waals surface area contributed by atoms with Crippen LogP contribution in [-0.4, -0.2) is 54.4 Å². The number of anilines is 1. The Labute approximate surface area is 154 Å². The maximum Gasteiger partial charge on any atom is 0.320 e. The van der Waals surface area contributed by atoms with Gasteiger partial charge >= 0.3 is 6.03 Å². The van der Waals surface area contributed by atoms with E-state index in [4.69, 9.17) is 4.74 Å². The quantitative estimate of drug-likeness (QED) is 0.509. The fourth-order valence-electron chi connectivity index (χ4n) is 2.78. The molecule has 9 heteroatoms. The largest absolute Gasteiger partial charge is 0.361 e. The lowest BCUT2D eigenvalue weighted by Gasteiger charge is -2.15. The number of carbonyl (C=O) groups is 1. The van der Waals surface area contributed by atoms with Crippen molar-refractivity contribution in [1.29, 1.82) is 0 Å². The molecule has 1 aliphatic rings. The first-order chi connectivity index (χ1) is 12.4. The Bertz CT molecular complexity index is 751. The molecule has 1 unspecified atom stereocenters. The van der Waals surface area contributed by atoms with E-state index >= 15 is 0 Å². The average Bonchev–Trinajstić information content (AvgIpc) is 3.20. The van der Waals surface area contributed by atoms with Gasteiger partial charge in [0.05, 0.1) is 6.20 Å². The minimum atomic E-state index is -1.08. The van der Waals surface area contributed by atoms with Gasteiger partial charge in [0.15, 0.2) is 11.5 Å². The van der Waals surface area contributed by atoms with Crippen LogP contribution in [0, 0.1) is 0 Å². The summed E-state index contributed by atoms with van der Waals surface area (Å²) in [7, 11) is -1.08. The molecular weight excluding hydrogens is 348 g/mol. The predicted octanol–water partition coefficient (Wildman–Crippen LogP) is 2.23. The van der Waals surface area contributed by atoms with E-state index in [1.54, 1.807) is 6.20 Å². The highest BCUT2D eigenvalue weighted by molar-refractivity contribution is 6.76. The SMILES string of the molecule is C[Si](C)(C)CCOCn1ccc2nc(NC(=O)NC3CCNC3)cnc21. The second kappa shape index (κ2) is 8.15. The van der Waals surface area contributed by atoms with E-state index in [0.29, 0.717) is 12.5 Å². The number of aromatic nitrogens is 3. The van der Waals surface area contributed by atoms with Gasteiger partial charge in [-0.1, -0.05) is 19.6 Å². The molecule has 26 heavy (non-hydrogen) atoms. The molecule has 1 aliphatic heterocycles. The predicted molar refractivity (Wildman–Crippen MR) is 105 cm³/mol. The molecule has 142 valence electrons. The monoisotopic (exact) mass is 376 g/mol. The number of urea groups is 1. The Morgan fingerprint density at radius 2 is 2.31 bits per heavy atom. The van der Waals surface area contributed by atoms with Crippen LogP contribution in [0.3, 0.4) is 0 Å². The van der Waals surface area contributed by atoms with Gasteiger partial charge in [0.1, 0.15) is 12.2 Å². The normalized spacial score (nSPS) is 17.6. The molecule has 1 fully saturated rings. The van der Waals surface area contributed by atoms with Crippen molar-refractivity contribution in [2.75, 3.05) is 25.0 Å². The number of hydrogen-bond donors (Lipinski definition) is 3. The van der Waals surface area contributed by atoms with E-state index in [1.165, 1.54) is 0 Å². The van der Waals surface area contributed by atoms with Gasteiger partial charge in [-0.15, -0.1) is 0 Å². The van der Waals surface area contributed by atoms with Gasteiger partial charge in [0, 0.05) is 33.5 Å². The summed E-state index contributed by atoms with van der Waals surface area (Å²) in [5, 5.41) is 8.89. The van der Waals surface area contributed by atoms with Crippen molar-refractivity contribution in [1.82, 2.24) is 25.2 Å². The zero-order chi connectivity index (χ0) is 18.6. The summed E-state index contributed by atoms with van der Waals surface area (Å²) in [6.45, 7) is 9.97. The summed E-state index contributed by atoms with van der Waals surface area (Å²) < 4.78 is 7.71.